The van der Waals surface area contributed by atoms with Crippen LogP contribution in [0.15, 0.2) is 52.9 Å². The summed E-state index contributed by atoms with van der Waals surface area (Å²) >= 11 is 0. The fourth-order valence-corrected chi connectivity index (χ4v) is 3.33. The Morgan fingerprint density at radius 3 is 2.06 bits per heavy atom. The third-order valence-electron chi connectivity index (χ3n) is 5.06. The van der Waals surface area contributed by atoms with E-state index in [0.29, 0.717) is 18.7 Å². The highest BCUT2D eigenvalue weighted by Crippen LogP contribution is 2.34. The van der Waals surface area contributed by atoms with Gasteiger partial charge in [-0.05, 0) is 61.4 Å². The van der Waals surface area contributed by atoms with Gasteiger partial charge in [0.15, 0.2) is 11.7 Å². The van der Waals surface area contributed by atoms with Crippen molar-refractivity contribution in [3.8, 4) is 34.1 Å². The van der Waals surface area contributed by atoms with Crippen LogP contribution in [0.4, 0.5) is 0 Å². The van der Waals surface area contributed by atoms with Crippen LogP contribution in [0.1, 0.15) is 38.0 Å². The minimum absolute atomic E-state index is 0.332. The summed E-state index contributed by atoms with van der Waals surface area (Å²) in [6.07, 6.45) is 4.56. The van der Waals surface area contributed by atoms with Crippen LogP contribution in [0.3, 0.4) is 0 Å². The molecule has 2 N–H and O–H groups in total. The Bertz CT molecular complexity index is 900. The van der Waals surface area contributed by atoms with E-state index in [0.717, 1.165) is 59.8 Å². The summed E-state index contributed by atoms with van der Waals surface area (Å²) in [6, 6.07) is 15.5. The van der Waals surface area contributed by atoms with Crippen molar-refractivity contribution >= 4 is 5.91 Å². The lowest BCUT2D eigenvalue weighted by atomic mass is 10.1. The first-order chi connectivity index (χ1) is 15.1. The number of aryl methyl sites for hydroxylation is 1. The fraction of sp³-hybridized carbons (Fsp3) is 0.333. The number of nitrogens with one attached hydrogen (secondary N) is 1. The number of oxazole rings is 1. The van der Waals surface area contributed by atoms with Crippen molar-refractivity contribution in [2.75, 3.05) is 14.2 Å². The third kappa shape index (κ3) is 6.08. The fourth-order valence-electron chi connectivity index (χ4n) is 3.33. The quantitative estimate of drug-likeness (QED) is 0.255. The van der Waals surface area contributed by atoms with Gasteiger partial charge >= 0.3 is 0 Å². The number of benzene rings is 2. The number of ether oxygens (including phenoxy) is 2. The van der Waals surface area contributed by atoms with Gasteiger partial charge < -0.3 is 13.9 Å². The van der Waals surface area contributed by atoms with Gasteiger partial charge in [-0.3, -0.25) is 10.0 Å². The molecule has 0 aliphatic heterocycles. The van der Waals surface area contributed by atoms with Crippen molar-refractivity contribution in [2.24, 2.45) is 0 Å². The van der Waals surface area contributed by atoms with Gasteiger partial charge in [-0.2, -0.15) is 0 Å². The van der Waals surface area contributed by atoms with Crippen LogP contribution in [0.5, 0.6) is 11.5 Å². The molecule has 1 amide bonds. The van der Waals surface area contributed by atoms with E-state index in [2.05, 4.69) is 0 Å². The zero-order valence-corrected chi connectivity index (χ0v) is 17.9. The van der Waals surface area contributed by atoms with E-state index in [9.17, 15) is 4.79 Å². The molecule has 7 heteroatoms. The lowest BCUT2D eigenvalue weighted by Crippen LogP contribution is -2.17. The van der Waals surface area contributed by atoms with Crippen molar-refractivity contribution in [2.45, 2.75) is 38.5 Å². The molecule has 0 saturated heterocycles. The van der Waals surface area contributed by atoms with Crippen LogP contribution in [0.2, 0.25) is 0 Å². The van der Waals surface area contributed by atoms with Crippen LogP contribution in [0, 0.1) is 0 Å². The number of aromatic nitrogens is 1. The van der Waals surface area contributed by atoms with Gasteiger partial charge in [0, 0.05) is 24.0 Å². The summed E-state index contributed by atoms with van der Waals surface area (Å²) in [5.41, 5.74) is 4.34. The molecule has 31 heavy (non-hydrogen) atoms. The van der Waals surface area contributed by atoms with Gasteiger partial charge in [0.1, 0.15) is 17.2 Å². The number of methoxy groups -OCH3 is 2. The van der Waals surface area contributed by atoms with E-state index in [-0.39, 0.29) is 5.91 Å². The first-order valence-corrected chi connectivity index (χ1v) is 10.4. The maximum Gasteiger partial charge on any atom is 0.243 e. The molecule has 0 aliphatic rings. The number of nitrogens with zero attached hydrogens (tertiary/aromatic N) is 1. The second-order valence-electron chi connectivity index (χ2n) is 7.19. The average Bonchev–Trinajstić information content (AvgIpc) is 3.25. The van der Waals surface area contributed by atoms with E-state index in [4.69, 9.17) is 24.1 Å². The number of carbonyl (C=O) groups excluding carboxylic acids is 1. The molecule has 3 aromatic rings. The molecule has 0 fully saturated rings. The Morgan fingerprint density at radius 2 is 1.48 bits per heavy atom. The number of hydrogen-bond donors (Lipinski definition) is 2. The van der Waals surface area contributed by atoms with Crippen molar-refractivity contribution < 1.29 is 23.9 Å². The summed E-state index contributed by atoms with van der Waals surface area (Å²) in [4.78, 5) is 15.8. The van der Waals surface area contributed by atoms with Crippen molar-refractivity contribution in [3.63, 3.8) is 0 Å². The summed E-state index contributed by atoms with van der Waals surface area (Å²) in [5, 5.41) is 8.53. The largest absolute Gasteiger partial charge is 0.497 e. The lowest BCUT2D eigenvalue weighted by Gasteiger charge is -2.04. The van der Waals surface area contributed by atoms with Gasteiger partial charge in [-0.15, -0.1) is 0 Å². The minimum atomic E-state index is -0.346. The summed E-state index contributed by atoms with van der Waals surface area (Å²) in [6.45, 7) is 0. The number of unbranched alkanes of at least 4 members (excludes halogenated alkanes) is 3. The number of hydrogen-bond acceptors (Lipinski definition) is 6. The average molecular weight is 424 g/mol. The van der Waals surface area contributed by atoms with Gasteiger partial charge in [0.25, 0.3) is 0 Å². The summed E-state index contributed by atoms with van der Waals surface area (Å²) in [7, 11) is 3.28. The van der Waals surface area contributed by atoms with Crippen LogP contribution in [-0.2, 0) is 11.2 Å². The number of amides is 1. The standard InChI is InChI=1S/C24H28N2O5/c1-29-19-13-9-17(10-14-19)23-24(18-11-15-20(30-2)16-12-18)31-22(25-23)8-6-4-3-5-7-21(27)26-28/h9-16,28H,3-8H2,1-2H3,(H,26,27). The molecule has 3 rings (SSSR count). The molecular formula is C24H28N2O5. The molecule has 1 aromatic heterocycles. The van der Waals surface area contributed by atoms with Gasteiger partial charge in [0.2, 0.25) is 5.91 Å². The van der Waals surface area contributed by atoms with Crippen molar-refractivity contribution in [1.82, 2.24) is 10.5 Å². The SMILES string of the molecule is COc1ccc(-c2nc(CCCCCCC(=O)NO)oc2-c2ccc(OC)cc2)cc1. The molecule has 164 valence electrons. The Morgan fingerprint density at radius 1 is 0.903 bits per heavy atom. The van der Waals surface area contributed by atoms with Crippen molar-refractivity contribution in [3.05, 3.63) is 54.4 Å². The van der Waals surface area contributed by atoms with E-state index >= 15 is 0 Å². The van der Waals surface area contributed by atoms with E-state index in [1.807, 2.05) is 48.5 Å². The van der Waals surface area contributed by atoms with E-state index in [1.165, 1.54) is 0 Å². The molecule has 0 radical (unpaired) electrons. The molecule has 0 spiro atoms. The Hall–Kier alpha value is -3.32. The molecule has 0 aliphatic carbocycles. The normalized spacial score (nSPS) is 10.7. The summed E-state index contributed by atoms with van der Waals surface area (Å²) < 4.78 is 16.7. The Balaban J connectivity index is 1.74. The van der Waals surface area contributed by atoms with Gasteiger partial charge in [-0.1, -0.05) is 12.8 Å². The minimum Gasteiger partial charge on any atom is -0.497 e. The smallest absolute Gasteiger partial charge is 0.243 e. The second-order valence-corrected chi connectivity index (χ2v) is 7.19. The zero-order valence-electron chi connectivity index (χ0n) is 17.9. The molecule has 1 heterocycles. The first kappa shape index (κ1) is 22.4. The molecule has 0 unspecified atom stereocenters. The Kier molecular flexibility index (Phi) is 8.06. The first-order valence-electron chi connectivity index (χ1n) is 10.4. The Labute approximate surface area is 182 Å². The highest BCUT2D eigenvalue weighted by atomic mass is 16.5. The third-order valence-corrected chi connectivity index (χ3v) is 5.06. The highest BCUT2D eigenvalue weighted by molar-refractivity contribution is 5.77. The predicted octanol–water partition coefficient (Wildman–Crippen LogP) is 5.02. The highest BCUT2D eigenvalue weighted by Gasteiger charge is 2.17. The maximum atomic E-state index is 11.1. The zero-order chi connectivity index (χ0) is 22.1. The monoisotopic (exact) mass is 424 g/mol. The number of carbonyl (C=O) groups is 1. The maximum absolute atomic E-state index is 11.1. The molecule has 0 bridgehead atoms. The van der Waals surface area contributed by atoms with Gasteiger partial charge in [-0.25, -0.2) is 10.5 Å². The molecule has 2 aromatic carbocycles. The van der Waals surface area contributed by atoms with E-state index in [1.54, 1.807) is 19.7 Å². The summed E-state index contributed by atoms with van der Waals surface area (Å²) in [5.74, 6) is 2.63. The number of rotatable bonds is 11. The van der Waals surface area contributed by atoms with Gasteiger partial charge in [0.05, 0.1) is 14.2 Å². The van der Waals surface area contributed by atoms with E-state index < -0.39 is 0 Å². The van der Waals surface area contributed by atoms with Crippen LogP contribution >= 0.6 is 0 Å². The molecule has 7 nitrogen and oxygen atoms in total. The topological polar surface area (TPSA) is 93.8 Å². The molecule has 0 atom stereocenters. The van der Waals surface area contributed by atoms with Crippen LogP contribution in [-0.4, -0.2) is 30.3 Å². The molecule has 0 saturated carbocycles. The second kappa shape index (κ2) is 11.2. The van der Waals surface area contributed by atoms with Crippen molar-refractivity contribution in [1.29, 1.82) is 0 Å². The molecular weight excluding hydrogens is 396 g/mol. The van der Waals surface area contributed by atoms with Crippen LogP contribution in [0.25, 0.3) is 22.6 Å². The predicted molar refractivity (Wildman–Crippen MR) is 117 cm³/mol. The lowest BCUT2D eigenvalue weighted by molar-refractivity contribution is -0.129. The number of hydroxylamine groups is 1. The van der Waals surface area contributed by atoms with Crippen LogP contribution < -0.4 is 15.0 Å².